The van der Waals surface area contributed by atoms with Gasteiger partial charge in [0.15, 0.2) is 0 Å². The lowest BCUT2D eigenvalue weighted by Crippen LogP contribution is -2.35. The molecule has 0 aliphatic rings. The van der Waals surface area contributed by atoms with E-state index in [4.69, 9.17) is 0 Å². The third-order valence-corrected chi connectivity index (χ3v) is 4.89. The van der Waals surface area contributed by atoms with Crippen molar-refractivity contribution in [2.75, 3.05) is 10.6 Å². The van der Waals surface area contributed by atoms with Gasteiger partial charge in [0, 0.05) is 34.6 Å². The number of benzene rings is 1. The van der Waals surface area contributed by atoms with E-state index < -0.39 is 23.5 Å². The van der Waals surface area contributed by atoms with Gasteiger partial charge in [0.2, 0.25) is 0 Å². The maximum atomic E-state index is 12.3. The number of nitrogens with zero attached hydrogens (tertiary/aromatic N) is 1. The Labute approximate surface area is 173 Å². The topological polar surface area (TPSA) is 86.9 Å². The van der Waals surface area contributed by atoms with E-state index in [0.29, 0.717) is 11.3 Å². The summed E-state index contributed by atoms with van der Waals surface area (Å²) in [5, 5.41) is 6.52. The number of H-pyrrole nitrogens is 1. The fraction of sp³-hybridized carbons (Fsp3) is 0.150. The van der Waals surface area contributed by atoms with Crippen molar-refractivity contribution in [3.63, 3.8) is 0 Å². The number of anilines is 4. The number of aryl methyl sites for hydroxylation is 1. The highest BCUT2D eigenvalue weighted by atomic mass is 32.1. The van der Waals surface area contributed by atoms with Gasteiger partial charge in [-0.05, 0) is 36.2 Å². The molecule has 2 heterocycles. The molecule has 4 rings (SSSR count). The minimum Gasteiger partial charge on any atom is -0.359 e. The zero-order valence-electron chi connectivity index (χ0n) is 15.3. The molecule has 6 nitrogen and oxygen atoms in total. The predicted octanol–water partition coefficient (Wildman–Crippen LogP) is 4.43. The first-order valence-corrected chi connectivity index (χ1v) is 9.35. The Morgan fingerprint density at radius 1 is 1.03 bits per heavy atom. The summed E-state index contributed by atoms with van der Waals surface area (Å²) in [5.41, 5.74) is 0.625. The van der Waals surface area contributed by atoms with Crippen LogP contribution in [0, 0.1) is 0 Å². The fourth-order valence-electron chi connectivity index (χ4n) is 3.04. The smallest absolute Gasteiger partial charge is 0.359 e. The van der Waals surface area contributed by atoms with Gasteiger partial charge < -0.3 is 15.6 Å². The van der Waals surface area contributed by atoms with Crippen molar-refractivity contribution in [2.24, 2.45) is 0 Å². The third kappa shape index (κ3) is 4.04. The highest BCUT2D eigenvalue weighted by Crippen LogP contribution is 2.30. The van der Waals surface area contributed by atoms with Crippen LogP contribution in [0.3, 0.4) is 0 Å². The summed E-state index contributed by atoms with van der Waals surface area (Å²) in [6.45, 7) is 0. The van der Waals surface area contributed by atoms with E-state index in [-0.39, 0.29) is 23.6 Å². The number of alkyl halides is 3. The van der Waals surface area contributed by atoms with Crippen LogP contribution in [-0.2, 0) is 6.42 Å². The van der Waals surface area contributed by atoms with Crippen molar-refractivity contribution in [1.29, 1.82) is 0 Å². The van der Waals surface area contributed by atoms with Crippen molar-refractivity contribution >= 4 is 46.4 Å². The number of rotatable bonds is 6. The summed E-state index contributed by atoms with van der Waals surface area (Å²) < 4.78 is 37.0. The zero-order valence-corrected chi connectivity index (χ0v) is 16.2. The van der Waals surface area contributed by atoms with E-state index >= 15 is 0 Å². The van der Waals surface area contributed by atoms with Crippen LogP contribution in [0.25, 0.3) is 10.9 Å². The normalized spacial score (nSPS) is 11.9. The second-order valence-electron chi connectivity index (χ2n) is 6.76. The maximum absolute atomic E-state index is 12.3. The number of hydrogen-bond donors (Lipinski definition) is 4. The van der Waals surface area contributed by atoms with Gasteiger partial charge >= 0.3 is 6.18 Å². The zero-order chi connectivity index (χ0) is 21.5. The average Bonchev–Trinajstić information content (AvgIpc) is 3.11. The summed E-state index contributed by atoms with van der Waals surface area (Å²) in [6, 6.07) is 8.43. The lowest BCUT2D eigenvalue weighted by atomic mass is 10.1. The van der Waals surface area contributed by atoms with E-state index in [1.54, 1.807) is 6.20 Å². The molecule has 0 aliphatic carbocycles. The lowest BCUT2D eigenvalue weighted by Gasteiger charge is -2.14. The summed E-state index contributed by atoms with van der Waals surface area (Å²) in [7, 11) is 0. The Kier molecular flexibility index (Phi) is 5.02. The van der Waals surface area contributed by atoms with Crippen LogP contribution in [-0.4, -0.2) is 16.1 Å². The molecule has 30 heavy (non-hydrogen) atoms. The molecule has 10 heteroatoms. The fourth-order valence-corrected chi connectivity index (χ4v) is 3.24. The molecule has 0 unspecified atom stereocenters. The second kappa shape index (κ2) is 7.52. The van der Waals surface area contributed by atoms with Gasteiger partial charge in [-0.15, -0.1) is 12.6 Å². The van der Waals surface area contributed by atoms with Gasteiger partial charge in [-0.2, -0.15) is 13.2 Å². The van der Waals surface area contributed by atoms with E-state index in [0.717, 1.165) is 15.8 Å². The van der Waals surface area contributed by atoms with Gasteiger partial charge in [0.05, 0.1) is 5.69 Å². The van der Waals surface area contributed by atoms with Crippen molar-refractivity contribution in [1.82, 2.24) is 9.97 Å². The van der Waals surface area contributed by atoms with Crippen LogP contribution >= 0.6 is 12.6 Å². The van der Waals surface area contributed by atoms with E-state index in [1.165, 1.54) is 18.3 Å². The monoisotopic (exact) mass is 432 g/mol. The number of fused-ring (bicyclic) bond motifs is 1. The predicted molar refractivity (Wildman–Crippen MR) is 112 cm³/mol. The van der Waals surface area contributed by atoms with Crippen molar-refractivity contribution in [3.8, 4) is 0 Å². The molecular formula is C20H15F3N4O2S. The second-order valence-corrected chi connectivity index (χ2v) is 7.27. The van der Waals surface area contributed by atoms with Crippen molar-refractivity contribution < 1.29 is 13.2 Å². The molecule has 0 saturated carbocycles. The number of aromatic amines is 1. The molecule has 0 bridgehead atoms. The average molecular weight is 432 g/mol. The van der Waals surface area contributed by atoms with Crippen LogP contribution in [0.2, 0.25) is 0 Å². The minimum atomic E-state index is -4.24. The number of pyridine rings is 1. The maximum Gasteiger partial charge on any atom is 0.389 e. The van der Waals surface area contributed by atoms with E-state index in [9.17, 15) is 22.8 Å². The molecule has 3 N–H and O–H groups in total. The molecule has 2 aromatic carbocycles. The van der Waals surface area contributed by atoms with Crippen LogP contribution in [0.1, 0.15) is 12.0 Å². The van der Waals surface area contributed by atoms with Gasteiger partial charge in [0.25, 0.3) is 10.9 Å². The summed E-state index contributed by atoms with van der Waals surface area (Å²) in [4.78, 5) is 31.9. The molecule has 0 amide bonds. The molecule has 0 fully saturated rings. The quantitative estimate of drug-likeness (QED) is 0.268. The lowest BCUT2D eigenvalue weighted by molar-refractivity contribution is -0.134. The van der Waals surface area contributed by atoms with Gasteiger partial charge in [-0.3, -0.25) is 9.59 Å². The Balaban J connectivity index is 1.53. The van der Waals surface area contributed by atoms with Crippen LogP contribution < -0.4 is 21.5 Å². The van der Waals surface area contributed by atoms with Crippen molar-refractivity contribution in [3.05, 3.63) is 68.7 Å². The largest absolute Gasteiger partial charge is 0.389 e. The Morgan fingerprint density at radius 3 is 2.43 bits per heavy atom. The van der Waals surface area contributed by atoms with E-state index in [2.05, 4.69) is 33.2 Å². The summed E-state index contributed by atoms with van der Waals surface area (Å²) in [5.74, 6) is 0.248. The van der Waals surface area contributed by atoms with Gasteiger partial charge in [-0.25, -0.2) is 4.98 Å². The molecular weight excluding hydrogens is 417 g/mol. The highest BCUT2D eigenvalue weighted by Gasteiger charge is 2.26. The highest BCUT2D eigenvalue weighted by molar-refractivity contribution is 7.80. The van der Waals surface area contributed by atoms with Crippen LogP contribution in [0.15, 0.2) is 57.2 Å². The van der Waals surface area contributed by atoms with Gasteiger partial charge in [-0.1, -0.05) is 6.07 Å². The first-order valence-electron chi connectivity index (χ1n) is 8.90. The minimum absolute atomic E-state index is 0.0481. The molecule has 0 saturated heterocycles. The number of hydrogen-bond acceptors (Lipinski definition) is 6. The molecule has 0 spiro atoms. The summed E-state index contributed by atoms with van der Waals surface area (Å²) in [6.07, 6.45) is -2.38. The van der Waals surface area contributed by atoms with E-state index in [1.807, 2.05) is 18.2 Å². The number of halogens is 3. The van der Waals surface area contributed by atoms with Crippen LogP contribution in [0.5, 0.6) is 0 Å². The first-order chi connectivity index (χ1) is 14.2. The first kappa shape index (κ1) is 20.0. The number of nitrogens with one attached hydrogen (secondary N) is 3. The van der Waals surface area contributed by atoms with Gasteiger partial charge in [0.1, 0.15) is 17.2 Å². The molecule has 154 valence electrons. The van der Waals surface area contributed by atoms with Crippen molar-refractivity contribution in [2.45, 2.75) is 23.9 Å². The molecule has 4 aromatic rings. The molecule has 2 aromatic heterocycles. The van der Waals surface area contributed by atoms with Crippen LogP contribution in [0.4, 0.5) is 36.1 Å². The SMILES string of the molecule is O=c1c(Nc2ccc(CCC(F)(F)F)cn2)c(Nc2c[nH]c3ccc(S)cc23)c1=O. The number of aromatic nitrogens is 2. The summed E-state index contributed by atoms with van der Waals surface area (Å²) >= 11 is 4.31. The Bertz CT molecular complexity index is 1290. The molecule has 0 aliphatic heterocycles. The Morgan fingerprint density at radius 2 is 1.77 bits per heavy atom. The number of thiol groups is 1. The third-order valence-electron chi connectivity index (χ3n) is 4.61. The molecule has 0 atom stereocenters. The molecule has 0 radical (unpaired) electrons. The Hall–Kier alpha value is -3.27. The standard InChI is InChI=1S/C20H15F3N4O2S/c21-20(22,23)6-5-10-1-4-15(25-8-10)27-17-16(18(28)19(17)29)26-14-9-24-13-3-2-11(30)7-12(13)14/h1-4,7-9,24,26,30H,5-6H2,(H,25,27).